The summed E-state index contributed by atoms with van der Waals surface area (Å²) in [6.45, 7) is 11.3. The molecule has 0 aliphatic rings. The van der Waals surface area contributed by atoms with Gasteiger partial charge in [0, 0.05) is 86.5 Å². The van der Waals surface area contributed by atoms with Crippen LogP contribution in [-0.4, -0.2) is 63.5 Å². The Bertz CT molecular complexity index is 3800. The van der Waals surface area contributed by atoms with E-state index in [1.165, 1.54) is 68.2 Å². The molecule has 0 atom stereocenters. The number of aryl methyl sites for hydroxylation is 5. The number of thioether (sulfide) groups is 1. The van der Waals surface area contributed by atoms with Crippen molar-refractivity contribution < 1.29 is 25.3 Å². The molecule has 4 aromatic heterocycles. The van der Waals surface area contributed by atoms with E-state index in [1.54, 1.807) is 97.5 Å². The third-order valence-corrected chi connectivity index (χ3v) is 17.1. The minimum Gasteiger partial charge on any atom is -0.312 e. The standard InChI is InChI=1S/C15H18N2O3S.C13H13ClN2O3S.C13H14N2O3S.C13H14N2OS/c1-3-9-17-10-8-16-14(15(17)18)21(19,20)11-13-6-4-12(2)5-7-13;1-2-16-8-7-15-12(13(16)17)20(18,19)9-10-3-5-11(14)6-4-10;1-2-15-9-8-14-12(13(15)16)19(17,18)10-11-6-4-3-5-7-11;1-2-15-9-8-14-12(13(15)16)17-10-11-6-4-3-5-7-11/h4-8,10H,3,9,11H2,1-2H3;3-8H,2,9H2,1H3;3-9H,2,10H2,1H3;3-9H,2,10H2,1H3. The molecule has 4 heterocycles. The first kappa shape index (κ1) is 60.8. The average molecular weight is 1140 g/mol. The monoisotopic (exact) mass is 1140 g/mol. The minimum atomic E-state index is -3.78. The second-order valence-corrected chi connectivity index (χ2v) is 24.0. The second-order valence-electron chi connectivity index (χ2n) is 16.9. The van der Waals surface area contributed by atoms with E-state index in [4.69, 9.17) is 11.6 Å². The average Bonchev–Trinajstić information content (AvgIpc) is 3.42. The maximum Gasteiger partial charge on any atom is 0.288 e. The molecule has 0 saturated carbocycles. The molecule has 77 heavy (non-hydrogen) atoms. The van der Waals surface area contributed by atoms with Gasteiger partial charge in [0.1, 0.15) is 0 Å². The van der Waals surface area contributed by atoms with Gasteiger partial charge in [-0.1, -0.05) is 133 Å². The fourth-order valence-electron chi connectivity index (χ4n) is 7.04. The number of hydrogen-bond donors (Lipinski definition) is 0. The van der Waals surface area contributed by atoms with Crippen LogP contribution in [0.1, 0.15) is 61.9 Å². The van der Waals surface area contributed by atoms with Crippen molar-refractivity contribution in [2.75, 3.05) is 0 Å². The number of nitrogens with zero attached hydrogens (tertiary/aromatic N) is 8. The van der Waals surface area contributed by atoms with Crippen molar-refractivity contribution in [1.82, 2.24) is 38.2 Å². The zero-order valence-electron chi connectivity index (χ0n) is 43.0. The van der Waals surface area contributed by atoms with Crippen molar-refractivity contribution in [2.24, 2.45) is 0 Å². The summed E-state index contributed by atoms with van der Waals surface area (Å²) in [4.78, 5) is 63.4. The summed E-state index contributed by atoms with van der Waals surface area (Å²) in [5.41, 5.74) is 2.38. The molecule has 0 radical (unpaired) electrons. The van der Waals surface area contributed by atoms with Gasteiger partial charge >= 0.3 is 0 Å². The summed E-state index contributed by atoms with van der Waals surface area (Å²) >= 11 is 7.23. The van der Waals surface area contributed by atoms with Crippen LogP contribution in [0.25, 0.3) is 0 Å². The molecule has 0 spiro atoms. The Labute approximate surface area is 457 Å². The Hall–Kier alpha value is -7.11. The van der Waals surface area contributed by atoms with Crippen LogP contribution in [0, 0.1) is 6.92 Å². The number of benzene rings is 4. The van der Waals surface area contributed by atoms with Crippen molar-refractivity contribution in [3.63, 3.8) is 0 Å². The van der Waals surface area contributed by atoms with Crippen LogP contribution in [0.3, 0.4) is 0 Å². The van der Waals surface area contributed by atoms with E-state index < -0.39 is 51.2 Å². The van der Waals surface area contributed by atoms with Gasteiger partial charge in [0.15, 0.2) is 5.03 Å². The number of rotatable bonds is 17. The van der Waals surface area contributed by atoms with Gasteiger partial charge in [0.2, 0.25) is 44.6 Å². The van der Waals surface area contributed by atoms with Crippen molar-refractivity contribution in [3.05, 3.63) is 233 Å². The van der Waals surface area contributed by atoms with E-state index in [1.807, 2.05) is 63.2 Å². The van der Waals surface area contributed by atoms with Crippen molar-refractivity contribution >= 4 is 52.9 Å². The zero-order chi connectivity index (χ0) is 56.2. The summed E-state index contributed by atoms with van der Waals surface area (Å²) in [7, 11) is -11.2. The highest BCUT2D eigenvalue weighted by Crippen LogP contribution is 2.18. The molecular weight excluding hydrogens is 1080 g/mol. The Balaban J connectivity index is 0.000000190. The van der Waals surface area contributed by atoms with Crippen LogP contribution >= 0.6 is 23.4 Å². The maximum absolute atomic E-state index is 12.4. The van der Waals surface area contributed by atoms with E-state index >= 15 is 0 Å². The lowest BCUT2D eigenvalue weighted by molar-refractivity contribution is 0.577. The highest BCUT2D eigenvalue weighted by atomic mass is 35.5. The molecule has 4 aromatic carbocycles. The Morgan fingerprint density at radius 2 is 0.792 bits per heavy atom. The van der Waals surface area contributed by atoms with E-state index in [-0.39, 0.29) is 32.9 Å². The SMILES string of the molecule is CCCn1ccnc(S(=O)(=O)Cc2ccc(C)cc2)c1=O.CCn1ccnc(S(=O)(=O)Cc2ccc(Cl)cc2)c1=O.CCn1ccnc(S(=O)(=O)Cc2ccccc2)c1=O.CCn1ccnc(SCc2ccccc2)c1=O. The van der Waals surface area contributed by atoms with Crippen LogP contribution in [0.2, 0.25) is 5.02 Å². The van der Waals surface area contributed by atoms with Crippen LogP contribution < -0.4 is 22.2 Å². The van der Waals surface area contributed by atoms with E-state index in [0.717, 1.165) is 17.7 Å². The molecule has 8 aromatic rings. The van der Waals surface area contributed by atoms with Gasteiger partial charge in [-0.3, -0.25) is 19.2 Å². The fraction of sp³-hybridized carbons (Fsp3) is 0.259. The van der Waals surface area contributed by atoms with Crippen molar-refractivity contribution in [2.45, 2.75) is 110 Å². The lowest BCUT2D eigenvalue weighted by Crippen LogP contribution is -2.27. The predicted molar refractivity (Wildman–Crippen MR) is 299 cm³/mol. The number of aromatic nitrogens is 8. The van der Waals surface area contributed by atoms with Gasteiger partial charge in [-0.25, -0.2) is 45.2 Å². The van der Waals surface area contributed by atoms with Gasteiger partial charge in [0.05, 0.1) is 17.3 Å². The lowest BCUT2D eigenvalue weighted by atomic mass is 10.2. The molecule has 23 heteroatoms. The molecular formula is C54H59ClN8O10S4. The number of sulfone groups is 3. The molecule has 0 bridgehead atoms. The highest BCUT2D eigenvalue weighted by Gasteiger charge is 2.24. The molecule has 8 rings (SSSR count). The minimum absolute atomic E-state index is 0.00377. The third kappa shape index (κ3) is 17.7. The van der Waals surface area contributed by atoms with Crippen molar-refractivity contribution in [3.8, 4) is 0 Å². The van der Waals surface area contributed by atoms with Crippen molar-refractivity contribution in [1.29, 1.82) is 0 Å². The zero-order valence-corrected chi connectivity index (χ0v) is 47.1. The molecule has 0 aliphatic carbocycles. The van der Waals surface area contributed by atoms with Crippen LogP contribution in [0.15, 0.2) is 198 Å². The van der Waals surface area contributed by atoms with Gasteiger partial charge in [0.25, 0.3) is 22.2 Å². The molecule has 18 nitrogen and oxygen atoms in total. The molecule has 406 valence electrons. The summed E-state index contributed by atoms with van der Waals surface area (Å²) in [5.74, 6) is 0.0619. The maximum atomic E-state index is 12.4. The Morgan fingerprint density at radius 3 is 1.21 bits per heavy atom. The smallest absolute Gasteiger partial charge is 0.288 e. The van der Waals surface area contributed by atoms with Crippen LogP contribution in [-0.2, 0) is 78.7 Å². The summed E-state index contributed by atoms with van der Waals surface area (Å²) in [6, 6.07) is 32.4. The van der Waals surface area contributed by atoms with E-state index in [2.05, 4.69) is 19.9 Å². The third-order valence-electron chi connectivity index (χ3n) is 11.1. The first-order valence-electron chi connectivity index (χ1n) is 24.1. The largest absolute Gasteiger partial charge is 0.312 e. The first-order valence-corrected chi connectivity index (χ1v) is 30.5. The summed E-state index contributed by atoms with van der Waals surface area (Å²) in [5, 5.41) is -0.0907. The normalized spacial score (nSPS) is 11.2. The van der Waals surface area contributed by atoms with Crippen LogP contribution in [0.5, 0.6) is 0 Å². The molecule has 0 saturated heterocycles. The second kappa shape index (κ2) is 28.9. The van der Waals surface area contributed by atoms with Gasteiger partial charge in [-0.05, 0) is 68.5 Å². The van der Waals surface area contributed by atoms with Gasteiger partial charge in [-0.15, -0.1) is 0 Å². The predicted octanol–water partition coefficient (Wildman–Crippen LogP) is 7.62. The topological polar surface area (TPSA) is 242 Å². The Kier molecular flexibility index (Phi) is 22.8. The molecule has 0 amide bonds. The number of halogens is 1. The van der Waals surface area contributed by atoms with Crippen LogP contribution in [0.4, 0.5) is 0 Å². The number of hydrogen-bond acceptors (Lipinski definition) is 15. The first-order chi connectivity index (χ1) is 36.7. The summed E-state index contributed by atoms with van der Waals surface area (Å²) in [6.07, 6.45) is 12.6. The fourth-order valence-corrected chi connectivity index (χ4v) is 12.2. The Morgan fingerprint density at radius 1 is 0.442 bits per heavy atom. The molecule has 0 fully saturated rings. The van der Waals surface area contributed by atoms with Gasteiger partial charge < -0.3 is 18.3 Å². The quantitative estimate of drug-likeness (QED) is 0.0797. The summed E-state index contributed by atoms with van der Waals surface area (Å²) < 4.78 is 79.4. The van der Waals surface area contributed by atoms with E-state index in [0.29, 0.717) is 52.9 Å². The molecule has 0 N–H and O–H groups in total. The van der Waals surface area contributed by atoms with Gasteiger partial charge in [-0.2, -0.15) is 0 Å². The highest BCUT2D eigenvalue weighted by molar-refractivity contribution is 7.98. The molecule has 0 aliphatic heterocycles. The van der Waals surface area contributed by atoms with E-state index in [9.17, 15) is 44.4 Å². The lowest BCUT2D eigenvalue weighted by Gasteiger charge is -2.07. The molecule has 0 unspecified atom stereocenters.